The number of rotatable bonds is 5. The van der Waals surface area contributed by atoms with Crippen molar-refractivity contribution in [1.29, 1.82) is 0 Å². The summed E-state index contributed by atoms with van der Waals surface area (Å²) in [5, 5.41) is 0. The second-order valence-electron chi connectivity index (χ2n) is 5.08. The monoisotopic (exact) mass is 325 g/mol. The van der Waals surface area contributed by atoms with Crippen LogP contribution < -0.4 is 5.73 Å². The Morgan fingerprint density at radius 2 is 1.79 bits per heavy atom. The topological polar surface area (TPSA) is 70.1 Å². The molecule has 0 aliphatic rings. The molecule has 24 heavy (non-hydrogen) atoms. The van der Waals surface area contributed by atoms with Crippen LogP contribution in [-0.4, -0.2) is 29.2 Å². The van der Waals surface area contributed by atoms with Crippen LogP contribution in [0.4, 0.5) is 0 Å². The summed E-state index contributed by atoms with van der Waals surface area (Å²) in [5.74, 6) is -0.200. The number of imidazole rings is 1. The number of carbonyl (C=O) groups is 1. The molecule has 2 aromatic carbocycles. The minimum atomic E-state index is -0.200. The van der Waals surface area contributed by atoms with Crippen LogP contribution in [0.1, 0.15) is 24.9 Å². The van der Waals surface area contributed by atoms with E-state index in [0.717, 1.165) is 16.6 Å². The number of carbonyl (C=O) groups excluding carboxylic acids is 1. The smallest absolute Gasteiger partial charge is 0.308 e. The normalized spacial score (nSPS) is 11.5. The summed E-state index contributed by atoms with van der Waals surface area (Å²) in [5.41, 5.74) is 7.51. The van der Waals surface area contributed by atoms with Gasteiger partial charge in [0, 0.05) is 0 Å². The summed E-state index contributed by atoms with van der Waals surface area (Å²) < 4.78 is 7.17. The quantitative estimate of drug-likeness (QED) is 0.732. The third kappa shape index (κ3) is 4.00. The molecular weight excluding hydrogens is 302 g/mol. The van der Waals surface area contributed by atoms with Crippen molar-refractivity contribution < 1.29 is 9.53 Å². The lowest BCUT2D eigenvalue weighted by Gasteiger charge is -2.19. The van der Waals surface area contributed by atoms with Gasteiger partial charge in [0.1, 0.15) is 0 Å². The lowest BCUT2D eigenvalue weighted by atomic mass is 10.0. The van der Waals surface area contributed by atoms with Crippen LogP contribution in [-0.2, 0) is 9.53 Å². The van der Waals surface area contributed by atoms with Gasteiger partial charge in [0.15, 0.2) is 0 Å². The molecule has 0 aliphatic carbocycles. The molecule has 0 bridgehead atoms. The van der Waals surface area contributed by atoms with E-state index < -0.39 is 0 Å². The van der Waals surface area contributed by atoms with Crippen LogP contribution in [0.25, 0.3) is 11.0 Å². The van der Waals surface area contributed by atoms with Gasteiger partial charge in [-0.3, -0.25) is 4.79 Å². The van der Waals surface area contributed by atoms with E-state index in [9.17, 15) is 4.79 Å². The van der Waals surface area contributed by atoms with Gasteiger partial charge in [-0.25, -0.2) is 4.98 Å². The number of hydrogen-bond donors (Lipinski definition) is 1. The van der Waals surface area contributed by atoms with E-state index in [1.54, 1.807) is 6.33 Å². The number of benzene rings is 2. The molecular formula is C19H23N3O2. The zero-order chi connectivity index (χ0) is 17.4. The van der Waals surface area contributed by atoms with Crippen molar-refractivity contribution >= 4 is 17.0 Å². The Kier molecular flexibility index (Phi) is 6.51. The fourth-order valence-corrected chi connectivity index (χ4v) is 2.66. The Bertz CT molecular complexity index is 768. The Labute approximate surface area is 142 Å². The summed E-state index contributed by atoms with van der Waals surface area (Å²) in [6.07, 6.45) is 2.08. The van der Waals surface area contributed by atoms with Gasteiger partial charge in [0.2, 0.25) is 0 Å². The van der Waals surface area contributed by atoms with Crippen LogP contribution in [0.3, 0.4) is 0 Å². The number of nitrogens with two attached hydrogens (primary N) is 1. The van der Waals surface area contributed by atoms with Crippen molar-refractivity contribution in [1.82, 2.24) is 9.55 Å². The van der Waals surface area contributed by atoms with Crippen LogP contribution in [0, 0.1) is 0 Å². The van der Waals surface area contributed by atoms with Crippen molar-refractivity contribution in [2.75, 3.05) is 13.7 Å². The van der Waals surface area contributed by atoms with Crippen molar-refractivity contribution in [3.8, 4) is 0 Å². The summed E-state index contributed by atoms with van der Waals surface area (Å²) in [6.45, 7) is 2.22. The van der Waals surface area contributed by atoms with Gasteiger partial charge < -0.3 is 15.0 Å². The summed E-state index contributed by atoms with van der Waals surface area (Å²) in [4.78, 5) is 16.4. The summed E-state index contributed by atoms with van der Waals surface area (Å²) in [7, 11) is 1.50. The molecule has 5 nitrogen and oxygen atoms in total. The molecule has 1 unspecified atom stereocenters. The van der Waals surface area contributed by atoms with E-state index in [-0.39, 0.29) is 18.4 Å². The number of hydrogen-bond acceptors (Lipinski definition) is 4. The zero-order valence-electron chi connectivity index (χ0n) is 14.1. The van der Waals surface area contributed by atoms with Crippen molar-refractivity contribution in [2.24, 2.45) is 5.73 Å². The fourth-order valence-electron chi connectivity index (χ4n) is 2.66. The third-order valence-electron chi connectivity index (χ3n) is 3.67. The van der Waals surface area contributed by atoms with Crippen molar-refractivity contribution in [3.05, 3.63) is 66.5 Å². The van der Waals surface area contributed by atoms with E-state index in [4.69, 9.17) is 4.74 Å². The number of para-hydroxylation sites is 2. The van der Waals surface area contributed by atoms with E-state index in [1.165, 1.54) is 7.05 Å². The van der Waals surface area contributed by atoms with Crippen molar-refractivity contribution in [2.45, 2.75) is 19.4 Å². The predicted octanol–water partition coefficient (Wildman–Crippen LogP) is 3.15. The number of esters is 1. The first kappa shape index (κ1) is 17.7. The molecule has 5 heteroatoms. The molecule has 0 radical (unpaired) electrons. The van der Waals surface area contributed by atoms with Crippen LogP contribution in [0.15, 0.2) is 60.9 Å². The second kappa shape index (κ2) is 8.84. The van der Waals surface area contributed by atoms with Crippen LogP contribution in [0.5, 0.6) is 0 Å². The average Bonchev–Trinajstić information content (AvgIpc) is 3.06. The molecule has 0 saturated heterocycles. The number of nitrogens with zero attached hydrogens (tertiary/aromatic N) is 2. The highest BCUT2D eigenvalue weighted by Gasteiger charge is 2.20. The molecule has 0 fully saturated rings. The Hall–Kier alpha value is -2.66. The summed E-state index contributed by atoms with van der Waals surface area (Å²) in [6, 6.07) is 17.8. The minimum Gasteiger partial charge on any atom is -0.466 e. The molecule has 1 atom stereocenters. The summed E-state index contributed by atoms with van der Waals surface area (Å²) >= 11 is 0. The number of ether oxygens (including phenoxy) is 1. The van der Waals surface area contributed by atoms with Gasteiger partial charge >= 0.3 is 5.97 Å². The maximum atomic E-state index is 12.0. The second-order valence-corrected chi connectivity index (χ2v) is 5.08. The molecule has 3 rings (SSSR count). The fraction of sp³-hybridized carbons (Fsp3) is 0.263. The predicted molar refractivity (Wildman–Crippen MR) is 95.7 cm³/mol. The van der Waals surface area contributed by atoms with Gasteiger partial charge in [-0.15, -0.1) is 0 Å². The van der Waals surface area contributed by atoms with Gasteiger partial charge in [-0.2, -0.15) is 0 Å². The van der Waals surface area contributed by atoms with Crippen LogP contribution in [0.2, 0.25) is 0 Å². The zero-order valence-corrected chi connectivity index (χ0v) is 14.1. The standard InChI is InChI=1S/C18H18N2O2.CH5N/c1-2-22-18(21)12-17(14-8-4-3-5-9-14)20-13-19-15-10-6-7-11-16(15)20;1-2/h3-11,13,17H,2,12H2,1H3;2H2,1H3. The number of aromatic nitrogens is 2. The maximum Gasteiger partial charge on any atom is 0.308 e. The van der Waals surface area contributed by atoms with Crippen molar-refractivity contribution in [3.63, 3.8) is 0 Å². The van der Waals surface area contributed by atoms with Gasteiger partial charge in [-0.05, 0) is 31.7 Å². The molecule has 1 aromatic heterocycles. The molecule has 0 saturated carbocycles. The molecule has 2 N–H and O–H groups in total. The van der Waals surface area contributed by atoms with Gasteiger partial charge in [0.05, 0.1) is 36.4 Å². The van der Waals surface area contributed by atoms with E-state index >= 15 is 0 Å². The first-order chi connectivity index (χ1) is 11.8. The Morgan fingerprint density at radius 1 is 1.12 bits per heavy atom. The highest BCUT2D eigenvalue weighted by atomic mass is 16.5. The van der Waals surface area contributed by atoms with E-state index in [0.29, 0.717) is 6.61 Å². The maximum absolute atomic E-state index is 12.0. The first-order valence-corrected chi connectivity index (χ1v) is 7.99. The highest BCUT2D eigenvalue weighted by molar-refractivity contribution is 5.76. The lowest BCUT2D eigenvalue weighted by molar-refractivity contribution is -0.143. The highest BCUT2D eigenvalue weighted by Crippen LogP contribution is 2.26. The Morgan fingerprint density at radius 3 is 2.50 bits per heavy atom. The van der Waals surface area contributed by atoms with Crippen LogP contribution >= 0.6 is 0 Å². The molecule has 1 heterocycles. The molecule has 126 valence electrons. The largest absolute Gasteiger partial charge is 0.466 e. The SMILES string of the molecule is CCOC(=O)CC(c1ccccc1)n1cnc2ccccc21.CN. The molecule has 0 spiro atoms. The molecule has 0 aliphatic heterocycles. The van der Waals surface area contributed by atoms with E-state index in [2.05, 4.69) is 10.7 Å². The van der Waals surface area contributed by atoms with Gasteiger partial charge in [0.25, 0.3) is 0 Å². The lowest BCUT2D eigenvalue weighted by Crippen LogP contribution is -2.16. The third-order valence-corrected chi connectivity index (χ3v) is 3.67. The first-order valence-electron chi connectivity index (χ1n) is 7.99. The Balaban J connectivity index is 0.00000100. The average molecular weight is 325 g/mol. The minimum absolute atomic E-state index is 0.118. The molecule has 3 aromatic rings. The number of fused-ring (bicyclic) bond motifs is 1. The molecule has 0 amide bonds. The van der Waals surface area contributed by atoms with E-state index in [1.807, 2.05) is 66.1 Å². The van der Waals surface area contributed by atoms with Gasteiger partial charge in [-0.1, -0.05) is 42.5 Å².